The molecule has 0 bridgehead atoms. The Morgan fingerprint density at radius 3 is 2.44 bits per heavy atom. The maximum Gasteiger partial charge on any atom is 0.105 e. The van der Waals surface area contributed by atoms with E-state index in [0.29, 0.717) is 12.0 Å². The van der Waals surface area contributed by atoms with E-state index in [-0.39, 0.29) is 6.23 Å². The van der Waals surface area contributed by atoms with Gasteiger partial charge in [0.25, 0.3) is 0 Å². The molecule has 0 saturated carbocycles. The average Bonchev–Trinajstić information content (AvgIpc) is 2.14. The SMILES string of the molecule is CC1NC(C(C)C)CO1. The highest BCUT2D eigenvalue weighted by Crippen LogP contribution is 2.09. The van der Waals surface area contributed by atoms with Crippen molar-refractivity contribution in [2.75, 3.05) is 6.61 Å². The molecule has 2 heteroatoms. The van der Waals surface area contributed by atoms with Crippen LogP contribution < -0.4 is 5.32 Å². The highest BCUT2D eigenvalue weighted by molar-refractivity contribution is 4.75. The van der Waals surface area contributed by atoms with E-state index in [4.69, 9.17) is 4.74 Å². The van der Waals surface area contributed by atoms with Crippen LogP contribution in [-0.2, 0) is 4.74 Å². The third-order valence-electron chi connectivity index (χ3n) is 1.78. The summed E-state index contributed by atoms with van der Waals surface area (Å²) in [6.07, 6.45) is 0.261. The van der Waals surface area contributed by atoms with Gasteiger partial charge in [-0.05, 0) is 12.8 Å². The first kappa shape index (κ1) is 7.03. The second kappa shape index (κ2) is 2.67. The normalized spacial score (nSPS) is 36.0. The van der Waals surface area contributed by atoms with E-state index in [9.17, 15) is 0 Å². The minimum absolute atomic E-state index is 0.261. The standard InChI is InChI=1S/C7H15NO/c1-5(2)7-4-9-6(3)8-7/h5-8H,4H2,1-3H3. The summed E-state index contributed by atoms with van der Waals surface area (Å²) in [7, 11) is 0. The van der Waals surface area contributed by atoms with Gasteiger partial charge in [-0.15, -0.1) is 0 Å². The highest BCUT2D eigenvalue weighted by Gasteiger charge is 2.22. The van der Waals surface area contributed by atoms with Crippen LogP contribution in [0.5, 0.6) is 0 Å². The van der Waals surface area contributed by atoms with Gasteiger partial charge in [0, 0.05) is 6.04 Å². The lowest BCUT2D eigenvalue weighted by atomic mass is 10.1. The molecule has 0 aliphatic carbocycles. The van der Waals surface area contributed by atoms with Crippen LogP contribution in [0.25, 0.3) is 0 Å². The van der Waals surface area contributed by atoms with Crippen molar-refractivity contribution < 1.29 is 4.74 Å². The number of rotatable bonds is 1. The Hall–Kier alpha value is -0.0800. The van der Waals surface area contributed by atoms with Crippen LogP contribution in [-0.4, -0.2) is 18.9 Å². The molecule has 2 nitrogen and oxygen atoms in total. The van der Waals surface area contributed by atoms with Gasteiger partial charge in [0.05, 0.1) is 6.61 Å². The van der Waals surface area contributed by atoms with E-state index < -0.39 is 0 Å². The van der Waals surface area contributed by atoms with Gasteiger partial charge in [-0.1, -0.05) is 13.8 Å². The Balaban J connectivity index is 2.30. The van der Waals surface area contributed by atoms with Crippen LogP contribution in [0.3, 0.4) is 0 Å². The Labute approximate surface area is 56.6 Å². The van der Waals surface area contributed by atoms with Gasteiger partial charge in [0.2, 0.25) is 0 Å². The van der Waals surface area contributed by atoms with Crippen molar-refractivity contribution in [1.82, 2.24) is 5.32 Å². The second-order valence-electron chi connectivity index (χ2n) is 2.99. The molecule has 0 amide bonds. The van der Waals surface area contributed by atoms with Crippen LogP contribution in [0, 0.1) is 5.92 Å². The van der Waals surface area contributed by atoms with Gasteiger partial charge < -0.3 is 4.74 Å². The molecule has 0 spiro atoms. The number of ether oxygens (including phenoxy) is 1. The molecule has 1 rings (SSSR count). The average molecular weight is 129 g/mol. The summed E-state index contributed by atoms with van der Waals surface area (Å²) < 4.78 is 5.32. The van der Waals surface area contributed by atoms with E-state index in [1.54, 1.807) is 0 Å². The second-order valence-corrected chi connectivity index (χ2v) is 2.99. The predicted molar refractivity (Wildman–Crippen MR) is 37.2 cm³/mol. The quantitative estimate of drug-likeness (QED) is 0.569. The van der Waals surface area contributed by atoms with Gasteiger partial charge in [-0.3, -0.25) is 5.32 Å². The summed E-state index contributed by atoms with van der Waals surface area (Å²) in [6, 6.07) is 0.569. The molecule has 1 heterocycles. The molecule has 0 aromatic rings. The van der Waals surface area contributed by atoms with Crippen molar-refractivity contribution in [2.24, 2.45) is 5.92 Å². The van der Waals surface area contributed by atoms with Crippen LogP contribution >= 0.6 is 0 Å². The Morgan fingerprint density at radius 1 is 1.56 bits per heavy atom. The van der Waals surface area contributed by atoms with Gasteiger partial charge in [-0.25, -0.2) is 0 Å². The van der Waals surface area contributed by atoms with Gasteiger partial charge >= 0.3 is 0 Å². The van der Waals surface area contributed by atoms with E-state index >= 15 is 0 Å². The topological polar surface area (TPSA) is 21.3 Å². The molecular formula is C7H15NO. The van der Waals surface area contributed by atoms with Crippen molar-refractivity contribution in [3.8, 4) is 0 Å². The molecule has 1 aliphatic heterocycles. The largest absolute Gasteiger partial charge is 0.362 e. The lowest BCUT2D eigenvalue weighted by Crippen LogP contribution is -2.32. The number of hydrogen-bond donors (Lipinski definition) is 1. The zero-order valence-corrected chi connectivity index (χ0v) is 6.35. The molecule has 1 N–H and O–H groups in total. The zero-order valence-electron chi connectivity index (χ0n) is 6.35. The summed E-state index contributed by atoms with van der Waals surface area (Å²) in [6.45, 7) is 7.33. The molecule has 54 valence electrons. The minimum atomic E-state index is 0.261. The van der Waals surface area contributed by atoms with Crippen molar-refractivity contribution in [3.63, 3.8) is 0 Å². The lowest BCUT2D eigenvalue weighted by molar-refractivity contribution is 0.114. The fourth-order valence-corrected chi connectivity index (χ4v) is 1.03. The third-order valence-corrected chi connectivity index (χ3v) is 1.78. The molecule has 1 saturated heterocycles. The van der Waals surface area contributed by atoms with Crippen LogP contribution in [0.15, 0.2) is 0 Å². The number of hydrogen-bond acceptors (Lipinski definition) is 2. The predicted octanol–water partition coefficient (Wildman–Crippen LogP) is 0.977. The van der Waals surface area contributed by atoms with Crippen molar-refractivity contribution in [1.29, 1.82) is 0 Å². The highest BCUT2D eigenvalue weighted by atomic mass is 16.5. The van der Waals surface area contributed by atoms with Gasteiger partial charge in [-0.2, -0.15) is 0 Å². The summed E-state index contributed by atoms with van der Waals surface area (Å²) >= 11 is 0. The summed E-state index contributed by atoms with van der Waals surface area (Å²) in [5, 5.41) is 3.33. The van der Waals surface area contributed by atoms with Crippen molar-refractivity contribution >= 4 is 0 Å². The van der Waals surface area contributed by atoms with E-state index in [1.165, 1.54) is 0 Å². The van der Waals surface area contributed by atoms with Crippen molar-refractivity contribution in [3.05, 3.63) is 0 Å². The molecule has 9 heavy (non-hydrogen) atoms. The first-order valence-corrected chi connectivity index (χ1v) is 3.58. The first-order chi connectivity index (χ1) is 4.20. The van der Waals surface area contributed by atoms with E-state index in [1.807, 2.05) is 6.92 Å². The minimum Gasteiger partial charge on any atom is -0.362 e. The van der Waals surface area contributed by atoms with Crippen molar-refractivity contribution in [2.45, 2.75) is 33.0 Å². The smallest absolute Gasteiger partial charge is 0.105 e. The monoisotopic (exact) mass is 129 g/mol. The van der Waals surface area contributed by atoms with Crippen LogP contribution in [0.1, 0.15) is 20.8 Å². The maximum absolute atomic E-state index is 5.32. The maximum atomic E-state index is 5.32. The van der Waals surface area contributed by atoms with Gasteiger partial charge in [0.15, 0.2) is 0 Å². The molecule has 0 aromatic carbocycles. The van der Waals surface area contributed by atoms with Crippen LogP contribution in [0.2, 0.25) is 0 Å². The Bertz CT molecular complexity index is 92.9. The molecule has 2 atom stereocenters. The fourth-order valence-electron chi connectivity index (χ4n) is 1.03. The molecule has 1 fully saturated rings. The third kappa shape index (κ3) is 1.66. The Morgan fingerprint density at radius 2 is 2.22 bits per heavy atom. The van der Waals surface area contributed by atoms with Gasteiger partial charge in [0.1, 0.15) is 6.23 Å². The number of nitrogens with one attached hydrogen (secondary N) is 1. The molecule has 2 unspecified atom stereocenters. The van der Waals surface area contributed by atoms with E-state index in [2.05, 4.69) is 19.2 Å². The Kier molecular flexibility index (Phi) is 2.09. The molecule has 1 aliphatic rings. The summed E-state index contributed by atoms with van der Waals surface area (Å²) in [5.41, 5.74) is 0. The zero-order chi connectivity index (χ0) is 6.85. The van der Waals surface area contributed by atoms with Crippen LogP contribution in [0.4, 0.5) is 0 Å². The lowest BCUT2D eigenvalue weighted by Gasteiger charge is -2.12. The first-order valence-electron chi connectivity index (χ1n) is 3.58. The molecule has 0 radical (unpaired) electrons. The molecule has 0 aromatic heterocycles. The van der Waals surface area contributed by atoms with E-state index in [0.717, 1.165) is 6.61 Å². The fraction of sp³-hybridized carbons (Fsp3) is 1.00. The summed E-state index contributed by atoms with van der Waals surface area (Å²) in [4.78, 5) is 0. The summed E-state index contributed by atoms with van der Waals surface area (Å²) in [5.74, 6) is 0.690. The molecular weight excluding hydrogens is 114 g/mol.